The molecule has 1 aromatic heterocycles. The molecule has 0 amide bonds. The van der Waals surface area contributed by atoms with E-state index in [0.29, 0.717) is 11.7 Å². The number of ether oxygens (including phenoxy) is 1. The molecule has 0 saturated heterocycles. The topological polar surface area (TPSA) is 35.3 Å². The molecule has 2 aromatic carbocycles. The van der Waals surface area contributed by atoms with Crippen molar-refractivity contribution in [2.24, 2.45) is 0 Å². The lowest BCUT2D eigenvalue weighted by Gasteiger charge is -2.08. The Balaban J connectivity index is 1.98. The molecular formula is C16H13NO2. The molecular weight excluding hydrogens is 238 g/mol. The molecule has 94 valence electrons. The Bertz CT molecular complexity index is 674. The van der Waals surface area contributed by atoms with Gasteiger partial charge in [-0.25, -0.2) is 4.98 Å². The smallest absolute Gasteiger partial charge is 0.191 e. The molecule has 0 spiro atoms. The number of aryl methyl sites for hydroxylation is 1. The van der Waals surface area contributed by atoms with Gasteiger partial charge in [0.15, 0.2) is 11.7 Å². The molecule has 0 aliphatic carbocycles. The highest BCUT2D eigenvalue weighted by Crippen LogP contribution is 2.33. The zero-order valence-electron chi connectivity index (χ0n) is 10.5. The summed E-state index contributed by atoms with van der Waals surface area (Å²) in [5, 5.41) is 0. The Morgan fingerprint density at radius 2 is 1.68 bits per heavy atom. The van der Waals surface area contributed by atoms with Crippen LogP contribution in [0.15, 0.2) is 65.2 Å². The second-order valence-electron chi connectivity index (χ2n) is 4.15. The maximum Gasteiger partial charge on any atom is 0.191 e. The Kier molecular flexibility index (Phi) is 3.02. The number of para-hydroxylation sites is 2. The number of benzene rings is 2. The Labute approximate surface area is 111 Å². The van der Waals surface area contributed by atoms with Crippen LogP contribution in [0.25, 0.3) is 11.3 Å². The summed E-state index contributed by atoms with van der Waals surface area (Å²) in [5.74, 6) is 2.91. The third-order valence-electron chi connectivity index (χ3n) is 2.74. The van der Waals surface area contributed by atoms with Gasteiger partial charge in [0.1, 0.15) is 11.5 Å². The van der Waals surface area contributed by atoms with Gasteiger partial charge < -0.3 is 9.15 Å². The van der Waals surface area contributed by atoms with Gasteiger partial charge in [0, 0.05) is 6.92 Å². The molecule has 0 aliphatic rings. The van der Waals surface area contributed by atoms with Crippen LogP contribution in [0.2, 0.25) is 0 Å². The summed E-state index contributed by atoms with van der Waals surface area (Å²) in [4.78, 5) is 4.12. The minimum atomic E-state index is 0.643. The van der Waals surface area contributed by atoms with Gasteiger partial charge in [-0.2, -0.15) is 0 Å². The van der Waals surface area contributed by atoms with Crippen LogP contribution in [0.5, 0.6) is 11.5 Å². The van der Waals surface area contributed by atoms with Crippen molar-refractivity contribution in [2.45, 2.75) is 6.92 Å². The lowest BCUT2D eigenvalue weighted by molar-refractivity contribution is 0.478. The van der Waals surface area contributed by atoms with E-state index < -0.39 is 0 Å². The van der Waals surface area contributed by atoms with Crippen molar-refractivity contribution < 1.29 is 9.15 Å². The molecule has 0 fully saturated rings. The summed E-state index contributed by atoms with van der Waals surface area (Å²) in [6.45, 7) is 1.82. The zero-order chi connectivity index (χ0) is 13.1. The monoisotopic (exact) mass is 251 g/mol. The highest BCUT2D eigenvalue weighted by Gasteiger charge is 2.10. The summed E-state index contributed by atoms with van der Waals surface area (Å²) in [5.41, 5.74) is 0.895. The molecule has 0 saturated carbocycles. The van der Waals surface area contributed by atoms with Crippen molar-refractivity contribution in [3.63, 3.8) is 0 Å². The number of rotatable bonds is 3. The first kappa shape index (κ1) is 11.5. The first-order valence-electron chi connectivity index (χ1n) is 6.08. The van der Waals surface area contributed by atoms with Gasteiger partial charge in [-0.15, -0.1) is 0 Å². The third-order valence-corrected chi connectivity index (χ3v) is 2.74. The molecule has 0 atom stereocenters. The molecule has 0 aliphatic heterocycles. The van der Waals surface area contributed by atoms with Crippen LogP contribution in [0.3, 0.4) is 0 Å². The predicted octanol–water partition coefficient (Wildman–Crippen LogP) is 4.44. The maximum absolute atomic E-state index is 5.89. The minimum Gasteiger partial charge on any atom is -0.457 e. The number of oxazole rings is 1. The van der Waals surface area contributed by atoms with Crippen molar-refractivity contribution in [1.82, 2.24) is 4.98 Å². The second kappa shape index (κ2) is 4.98. The van der Waals surface area contributed by atoms with E-state index in [-0.39, 0.29) is 0 Å². The van der Waals surface area contributed by atoms with Gasteiger partial charge in [0.2, 0.25) is 0 Å². The first-order chi connectivity index (χ1) is 9.33. The number of hydrogen-bond acceptors (Lipinski definition) is 3. The summed E-state index contributed by atoms with van der Waals surface area (Å²) in [7, 11) is 0. The van der Waals surface area contributed by atoms with Gasteiger partial charge in [0.25, 0.3) is 0 Å². The van der Waals surface area contributed by atoms with Crippen molar-refractivity contribution >= 4 is 0 Å². The highest BCUT2D eigenvalue weighted by molar-refractivity contribution is 5.65. The molecule has 3 rings (SSSR count). The Morgan fingerprint density at radius 3 is 2.42 bits per heavy atom. The fraction of sp³-hybridized carbons (Fsp3) is 0.0625. The van der Waals surface area contributed by atoms with Crippen LogP contribution >= 0.6 is 0 Å². The van der Waals surface area contributed by atoms with Crippen LogP contribution in [0.4, 0.5) is 0 Å². The SMILES string of the molecule is Cc1ncc(-c2ccccc2Oc2ccccc2)o1. The van der Waals surface area contributed by atoms with Crippen LogP contribution in [-0.2, 0) is 0 Å². The lowest BCUT2D eigenvalue weighted by Crippen LogP contribution is -1.86. The molecule has 0 radical (unpaired) electrons. The molecule has 3 heteroatoms. The van der Waals surface area contributed by atoms with Gasteiger partial charge >= 0.3 is 0 Å². The van der Waals surface area contributed by atoms with Crippen LogP contribution in [-0.4, -0.2) is 4.98 Å². The highest BCUT2D eigenvalue weighted by atomic mass is 16.5. The largest absolute Gasteiger partial charge is 0.457 e. The van der Waals surface area contributed by atoms with E-state index in [1.807, 2.05) is 61.5 Å². The van der Waals surface area contributed by atoms with Crippen LogP contribution in [0.1, 0.15) is 5.89 Å². The molecule has 0 unspecified atom stereocenters. The summed E-state index contributed by atoms with van der Waals surface area (Å²) < 4.78 is 11.4. The quantitative estimate of drug-likeness (QED) is 0.690. The number of hydrogen-bond donors (Lipinski definition) is 0. The fourth-order valence-corrected chi connectivity index (χ4v) is 1.86. The van der Waals surface area contributed by atoms with Gasteiger partial charge in [-0.3, -0.25) is 0 Å². The number of nitrogens with zero attached hydrogens (tertiary/aromatic N) is 1. The summed E-state index contributed by atoms with van der Waals surface area (Å²) in [6.07, 6.45) is 1.71. The Hall–Kier alpha value is -2.55. The fourth-order valence-electron chi connectivity index (χ4n) is 1.86. The normalized spacial score (nSPS) is 10.4. The second-order valence-corrected chi connectivity index (χ2v) is 4.15. The average molecular weight is 251 g/mol. The zero-order valence-corrected chi connectivity index (χ0v) is 10.5. The predicted molar refractivity (Wildman–Crippen MR) is 73.2 cm³/mol. The first-order valence-corrected chi connectivity index (χ1v) is 6.08. The molecule has 0 bridgehead atoms. The minimum absolute atomic E-state index is 0.643. The molecule has 19 heavy (non-hydrogen) atoms. The Morgan fingerprint density at radius 1 is 0.947 bits per heavy atom. The molecule has 3 nitrogen and oxygen atoms in total. The lowest BCUT2D eigenvalue weighted by atomic mass is 10.1. The molecule has 1 heterocycles. The van der Waals surface area contributed by atoms with Crippen molar-refractivity contribution in [2.75, 3.05) is 0 Å². The van der Waals surface area contributed by atoms with Crippen LogP contribution < -0.4 is 4.74 Å². The maximum atomic E-state index is 5.89. The van der Waals surface area contributed by atoms with E-state index in [1.165, 1.54) is 0 Å². The van der Waals surface area contributed by atoms with Gasteiger partial charge in [-0.05, 0) is 24.3 Å². The standard InChI is InChI=1S/C16H13NO2/c1-12-17-11-16(18-12)14-9-5-6-10-15(14)19-13-7-3-2-4-8-13/h2-11H,1H3. The van der Waals surface area contributed by atoms with Crippen molar-refractivity contribution in [3.8, 4) is 22.8 Å². The van der Waals surface area contributed by atoms with Gasteiger partial charge in [0.05, 0.1) is 11.8 Å². The van der Waals surface area contributed by atoms with E-state index in [2.05, 4.69) is 4.98 Å². The average Bonchev–Trinajstić information content (AvgIpc) is 2.87. The third kappa shape index (κ3) is 2.50. The van der Waals surface area contributed by atoms with Crippen molar-refractivity contribution in [1.29, 1.82) is 0 Å². The van der Waals surface area contributed by atoms with Gasteiger partial charge in [-0.1, -0.05) is 30.3 Å². The van der Waals surface area contributed by atoms with E-state index in [1.54, 1.807) is 6.20 Å². The molecule has 0 N–H and O–H groups in total. The summed E-state index contributed by atoms with van der Waals surface area (Å²) >= 11 is 0. The molecule has 3 aromatic rings. The van der Waals surface area contributed by atoms with E-state index in [0.717, 1.165) is 17.1 Å². The van der Waals surface area contributed by atoms with Crippen LogP contribution in [0, 0.1) is 6.92 Å². The van der Waals surface area contributed by atoms with E-state index in [9.17, 15) is 0 Å². The number of aromatic nitrogens is 1. The van der Waals surface area contributed by atoms with E-state index in [4.69, 9.17) is 9.15 Å². The van der Waals surface area contributed by atoms with E-state index >= 15 is 0 Å². The van der Waals surface area contributed by atoms with Crippen molar-refractivity contribution in [3.05, 3.63) is 66.7 Å². The summed E-state index contributed by atoms with van der Waals surface area (Å²) in [6, 6.07) is 17.4.